The maximum absolute atomic E-state index is 15.9. The molecule has 1 amide bonds. The molecular weight excluding hydrogens is 461 g/mol. The zero-order valence-electron chi connectivity index (χ0n) is 19.0. The molecule has 0 aliphatic heterocycles. The van der Waals surface area contributed by atoms with Crippen molar-refractivity contribution in [1.82, 2.24) is 40.1 Å². The lowest BCUT2D eigenvalue weighted by Gasteiger charge is -2.07. The molecule has 10 nitrogen and oxygen atoms in total. The van der Waals surface area contributed by atoms with E-state index in [0.29, 0.717) is 45.9 Å². The first-order valence-corrected chi connectivity index (χ1v) is 11.2. The Bertz CT molecular complexity index is 1740. The normalized spacial score (nSPS) is 11.3. The highest BCUT2D eigenvalue weighted by molar-refractivity contribution is 5.97. The molecule has 0 aliphatic carbocycles. The highest BCUT2D eigenvalue weighted by atomic mass is 19.1. The van der Waals surface area contributed by atoms with Gasteiger partial charge in [-0.1, -0.05) is 13.0 Å². The molecule has 6 rings (SSSR count). The van der Waals surface area contributed by atoms with Gasteiger partial charge >= 0.3 is 0 Å². The van der Waals surface area contributed by atoms with E-state index in [1.807, 2.05) is 18.2 Å². The minimum absolute atomic E-state index is 0.0792. The summed E-state index contributed by atoms with van der Waals surface area (Å²) in [7, 11) is 0. The summed E-state index contributed by atoms with van der Waals surface area (Å²) in [6, 6.07) is 7.28. The van der Waals surface area contributed by atoms with Gasteiger partial charge in [-0.2, -0.15) is 5.10 Å². The summed E-state index contributed by atoms with van der Waals surface area (Å²) < 4.78 is 15.9. The van der Waals surface area contributed by atoms with Gasteiger partial charge in [0, 0.05) is 47.9 Å². The zero-order valence-corrected chi connectivity index (χ0v) is 19.0. The first-order chi connectivity index (χ1) is 17.6. The van der Waals surface area contributed by atoms with Crippen molar-refractivity contribution in [3.63, 3.8) is 0 Å². The van der Waals surface area contributed by atoms with Gasteiger partial charge in [-0.25, -0.2) is 14.4 Å². The molecule has 36 heavy (non-hydrogen) atoms. The average Bonchev–Trinajstić information content (AvgIpc) is 3.54. The van der Waals surface area contributed by atoms with Gasteiger partial charge in [0.15, 0.2) is 17.3 Å². The number of anilines is 1. The summed E-state index contributed by atoms with van der Waals surface area (Å²) in [5, 5.41) is 10.1. The Morgan fingerprint density at radius 1 is 1.03 bits per heavy atom. The fourth-order valence-corrected chi connectivity index (χ4v) is 4.02. The second-order valence-corrected chi connectivity index (χ2v) is 8.03. The maximum atomic E-state index is 15.9. The number of aromatic nitrogens is 8. The third-order valence-electron chi connectivity index (χ3n) is 5.75. The van der Waals surface area contributed by atoms with Gasteiger partial charge in [0.05, 0.1) is 34.5 Å². The van der Waals surface area contributed by atoms with Gasteiger partial charge < -0.3 is 10.3 Å². The maximum Gasteiger partial charge on any atom is 0.224 e. The fraction of sp³-hybridized carbons (Fsp3) is 0.0800. The molecule has 176 valence electrons. The van der Waals surface area contributed by atoms with Crippen LogP contribution in [0.15, 0.2) is 61.4 Å². The first-order valence-electron chi connectivity index (χ1n) is 11.2. The number of nitrogens with one attached hydrogen (secondary N) is 3. The number of amides is 1. The van der Waals surface area contributed by atoms with Crippen molar-refractivity contribution in [3.05, 3.63) is 67.3 Å². The SMILES string of the molecule is CCC(=O)Nc1cncc(-c2ncc3[nH]nc(-c4nc5nccc(-c6cccnc6)c5[nH]4)c3c2F)c1. The predicted octanol–water partition coefficient (Wildman–Crippen LogP) is 4.51. The average molecular weight is 479 g/mol. The van der Waals surface area contributed by atoms with Crippen LogP contribution in [0.2, 0.25) is 0 Å². The van der Waals surface area contributed by atoms with Gasteiger partial charge in [0.2, 0.25) is 5.91 Å². The van der Waals surface area contributed by atoms with Gasteiger partial charge in [-0.05, 0) is 18.2 Å². The summed E-state index contributed by atoms with van der Waals surface area (Å²) in [6.07, 6.45) is 9.93. The van der Waals surface area contributed by atoms with E-state index in [1.54, 1.807) is 31.6 Å². The number of aromatic amines is 2. The van der Waals surface area contributed by atoms with Gasteiger partial charge in [-0.3, -0.25) is 24.8 Å². The van der Waals surface area contributed by atoms with E-state index in [-0.39, 0.29) is 17.0 Å². The fourth-order valence-electron chi connectivity index (χ4n) is 4.02. The molecule has 6 aromatic rings. The van der Waals surface area contributed by atoms with Crippen molar-refractivity contribution in [2.75, 3.05) is 5.32 Å². The number of imidazole rings is 1. The largest absolute Gasteiger partial charge is 0.335 e. The summed E-state index contributed by atoms with van der Waals surface area (Å²) in [5.41, 5.74) is 4.59. The zero-order chi connectivity index (χ0) is 24.6. The third-order valence-corrected chi connectivity index (χ3v) is 5.75. The number of hydrogen-bond donors (Lipinski definition) is 3. The number of halogens is 1. The van der Waals surface area contributed by atoms with Gasteiger partial charge in [-0.15, -0.1) is 0 Å². The van der Waals surface area contributed by atoms with Crippen molar-refractivity contribution in [2.24, 2.45) is 0 Å². The van der Waals surface area contributed by atoms with E-state index in [0.717, 1.165) is 11.1 Å². The number of carbonyl (C=O) groups is 1. The number of carbonyl (C=O) groups excluding carboxylic acids is 1. The summed E-state index contributed by atoms with van der Waals surface area (Å²) in [6.45, 7) is 1.75. The molecule has 0 radical (unpaired) electrons. The number of hydrogen-bond acceptors (Lipinski definition) is 7. The molecule has 0 bridgehead atoms. The van der Waals surface area contributed by atoms with Crippen LogP contribution in [0.1, 0.15) is 13.3 Å². The van der Waals surface area contributed by atoms with Crippen LogP contribution in [-0.4, -0.2) is 46.0 Å². The standard InChI is InChI=1S/C25H18FN9O/c1-2-18(36)31-15-8-14(10-28-11-15)21-20(26)19-17(12-30-21)34-35-23(19)25-32-22-16(5-7-29-24(22)33-25)13-4-3-6-27-9-13/h3-12H,2H2,1H3,(H,31,36)(H,34,35)(H,29,32,33). The summed E-state index contributed by atoms with van der Waals surface area (Å²) in [5.74, 6) is -0.393. The molecule has 11 heteroatoms. The molecule has 0 fully saturated rings. The quantitative estimate of drug-likeness (QED) is 0.331. The van der Waals surface area contributed by atoms with Crippen molar-refractivity contribution in [1.29, 1.82) is 0 Å². The third kappa shape index (κ3) is 3.63. The van der Waals surface area contributed by atoms with Crippen LogP contribution >= 0.6 is 0 Å². The molecule has 0 unspecified atom stereocenters. The first kappa shape index (κ1) is 21.5. The predicted molar refractivity (Wildman–Crippen MR) is 132 cm³/mol. The van der Waals surface area contributed by atoms with E-state index >= 15 is 4.39 Å². The van der Waals surface area contributed by atoms with Crippen molar-refractivity contribution >= 4 is 33.7 Å². The molecule has 0 saturated carbocycles. The lowest BCUT2D eigenvalue weighted by atomic mass is 10.1. The van der Waals surface area contributed by atoms with E-state index in [4.69, 9.17) is 0 Å². The highest BCUT2D eigenvalue weighted by Gasteiger charge is 2.21. The Morgan fingerprint density at radius 2 is 1.92 bits per heavy atom. The van der Waals surface area contributed by atoms with Gasteiger partial charge in [0.1, 0.15) is 11.4 Å². The molecule has 0 aromatic carbocycles. The Balaban J connectivity index is 1.47. The Labute approximate surface area is 203 Å². The molecule has 0 spiro atoms. The van der Waals surface area contributed by atoms with E-state index < -0.39 is 5.82 Å². The molecule has 0 atom stereocenters. The number of nitrogens with zero attached hydrogens (tertiary/aromatic N) is 6. The lowest BCUT2D eigenvalue weighted by molar-refractivity contribution is -0.115. The number of fused-ring (bicyclic) bond motifs is 2. The molecule has 6 aromatic heterocycles. The lowest BCUT2D eigenvalue weighted by Crippen LogP contribution is -2.09. The van der Waals surface area contributed by atoms with Crippen molar-refractivity contribution in [2.45, 2.75) is 13.3 Å². The number of pyridine rings is 4. The summed E-state index contributed by atoms with van der Waals surface area (Å²) >= 11 is 0. The molecule has 3 N–H and O–H groups in total. The van der Waals surface area contributed by atoms with E-state index in [2.05, 4.69) is 45.4 Å². The molecular formula is C25H18FN9O. The van der Waals surface area contributed by atoms with Crippen molar-refractivity contribution < 1.29 is 9.18 Å². The van der Waals surface area contributed by atoms with E-state index in [1.165, 1.54) is 18.6 Å². The minimum atomic E-state index is -0.585. The highest BCUT2D eigenvalue weighted by Crippen LogP contribution is 2.34. The van der Waals surface area contributed by atoms with Crippen LogP contribution in [0.5, 0.6) is 0 Å². The topological polar surface area (TPSA) is 138 Å². The smallest absolute Gasteiger partial charge is 0.224 e. The summed E-state index contributed by atoms with van der Waals surface area (Å²) in [4.78, 5) is 36.5. The number of rotatable bonds is 5. The van der Waals surface area contributed by atoms with Crippen LogP contribution in [0, 0.1) is 5.82 Å². The van der Waals surface area contributed by atoms with Crippen LogP contribution in [0.3, 0.4) is 0 Å². The van der Waals surface area contributed by atoms with Crippen LogP contribution in [-0.2, 0) is 4.79 Å². The van der Waals surface area contributed by atoms with Crippen LogP contribution in [0.4, 0.5) is 10.1 Å². The molecule has 6 heterocycles. The molecule has 0 aliphatic rings. The minimum Gasteiger partial charge on any atom is -0.335 e. The van der Waals surface area contributed by atoms with Crippen LogP contribution in [0.25, 0.3) is 56.0 Å². The monoisotopic (exact) mass is 479 g/mol. The Hall–Kier alpha value is -5.06. The van der Waals surface area contributed by atoms with Crippen LogP contribution < -0.4 is 5.32 Å². The Morgan fingerprint density at radius 3 is 2.75 bits per heavy atom. The number of H-pyrrole nitrogens is 2. The van der Waals surface area contributed by atoms with E-state index in [9.17, 15) is 4.79 Å². The second-order valence-electron chi connectivity index (χ2n) is 8.03. The molecule has 0 saturated heterocycles. The van der Waals surface area contributed by atoms with Gasteiger partial charge in [0.25, 0.3) is 0 Å². The Kier molecular flexibility index (Phi) is 5.14. The van der Waals surface area contributed by atoms with Crippen molar-refractivity contribution in [3.8, 4) is 33.9 Å². The second kappa shape index (κ2) is 8.62.